The third kappa shape index (κ3) is 2.28. The molecule has 1 heterocycles. The molecule has 1 unspecified atom stereocenters. The third-order valence-corrected chi connectivity index (χ3v) is 6.85. The second-order valence-corrected chi connectivity index (χ2v) is 8.79. The zero-order valence-corrected chi connectivity index (χ0v) is 12.7. The minimum Gasteiger partial charge on any atom is -0.391 e. The average Bonchev–Trinajstić information content (AvgIpc) is 3.14. The van der Waals surface area contributed by atoms with Gasteiger partial charge in [0.2, 0.25) is 10.0 Å². The van der Waals surface area contributed by atoms with Crippen LogP contribution in [0.1, 0.15) is 31.7 Å². The smallest absolute Gasteiger partial charge is 0.217 e. The van der Waals surface area contributed by atoms with Crippen LogP contribution in [-0.4, -0.2) is 42.3 Å². The van der Waals surface area contributed by atoms with Gasteiger partial charge in [-0.25, -0.2) is 8.42 Å². The third-order valence-electron chi connectivity index (χ3n) is 4.56. The van der Waals surface area contributed by atoms with E-state index in [9.17, 15) is 13.5 Å². The van der Waals surface area contributed by atoms with E-state index in [4.69, 9.17) is 0 Å². The first-order chi connectivity index (χ1) is 9.32. The molecule has 110 valence electrons. The Balaban J connectivity index is 1.76. The number of hydrogen-bond acceptors (Lipinski definition) is 3. The van der Waals surface area contributed by atoms with E-state index in [1.54, 1.807) is 0 Å². The number of benzene rings is 1. The highest BCUT2D eigenvalue weighted by Gasteiger charge is 2.53. The molecule has 2 aliphatic rings. The van der Waals surface area contributed by atoms with Crippen LogP contribution in [0.5, 0.6) is 0 Å². The molecule has 1 saturated heterocycles. The van der Waals surface area contributed by atoms with E-state index in [-0.39, 0.29) is 23.1 Å². The average molecular weight is 295 g/mol. The van der Waals surface area contributed by atoms with Crippen LogP contribution >= 0.6 is 0 Å². The second kappa shape index (κ2) is 4.55. The van der Waals surface area contributed by atoms with Gasteiger partial charge >= 0.3 is 0 Å². The van der Waals surface area contributed by atoms with Crippen molar-refractivity contribution in [1.29, 1.82) is 0 Å². The minimum atomic E-state index is -3.29. The van der Waals surface area contributed by atoms with Crippen LogP contribution in [0.4, 0.5) is 0 Å². The lowest BCUT2D eigenvalue weighted by atomic mass is 9.90. The summed E-state index contributed by atoms with van der Waals surface area (Å²) in [4.78, 5) is 0. The fraction of sp³-hybridized carbons (Fsp3) is 0.600. The number of hydrogen-bond donors (Lipinski definition) is 1. The van der Waals surface area contributed by atoms with Gasteiger partial charge in [-0.3, -0.25) is 0 Å². The van der Waals surface area contributed by atoms with E-state index in [0.29, 0.717) is 13.0 Å². The molecule has 1 N–H and O–H groups in total. The number of β-amino-alcohol motifs (C(OH)–C–C–N with tert-alkyl or cyclic N) is 1. The summed E-state index contributed by atoms with van der Waals surface area (Å²) in [7, 11) is -3.29. The van der Waals surface area contributed by atoms with Crippen molar-refractivity contribution in [3.8, 4) is 0 Å². The van der Waals surface area contributed by atoms with E-state index in [0.717, 1.165) is 5.56 Å². The van der Waals surface area contributed by atoms with Gasteiger partial charge in [0.05, 0.1) is 11.4 Å². The maximum Gasteiger partial charge on any atom is 0.217 e. The Hall–Kier alpha value is -0.910. The van der Waals surface area contributed by atoms with Gasteiger partial charge < -0.3 is 5.11 Å². The van der Waals surface area contributed by atoms with Gasteiger partial charge in [-0.05, 0) is 12.0 Å². The minimum absolute atomic E-state index is 0.113. The summed E-state index contributed by atoms with van der Waals surface area (Å²) in [5.41, 5.74) is 0.740. The van der Waals surface area contributed by atoms with Gasteiger partial charge in [-0.2, -0.15) is 4.31 Å². The largest absolute Gasteiger partial charge is 0.391 e. The highest BCUT2D eigenvalue weighted by atomic mass is 32.2. The van der Waals surface area contributed by atoms with Crippen LogP contribution < -0.4 is 0 Å². The van der Waals surface area contributed by atoms with Crippen molar-refractivity contribution in [2.24, 2.45) is 5.41 Å². The van der Waals surface area contributed by atoms with E-state index in [2.05, 4.69) is 0 Å². The normalized spacial score (nSPS) is 33.2. The van der Waals surface area contributed by atoms with Crippen LogP contribution in [0.15, 0.2) is 30.3 Å². The SMILES string of the molecule is CC1(C)CN(S(=O)(=O)[C@@H]2C[C@H]2c2ccccc2)CC1O. The van der Waals surface area contributed by atoms with Gasteiger partial charge in [0.15, 0.2) is 0 Å². The summed E-state index contributed by atoms with van der Waals surface area (Å²) in [5.74, 6) is 0.113. The molecule has 20 heavy (non-hydrogen) atoms. The molecular formula is C15H21NO3S. The van der Waals surface area contributed by atoms with E-state index < -0.39 is 16.1 Å². The fourth-order valence-corrected chi connectivity index (χ4v) is 5.27. The van der Waals surface area contributed by atoms with Gasteiger partial charge in [-0.1, -0.05) is 44.2 Å². The highest BCUT2D eigenvalue weighted by Crippen LogP contribution is 2.48. The summed E-state index contributed by atoms with van der Waals surface area (Å²) in [5, 5.41) is 9.66. The Morgan fingerprint density at radius 3 is 2.45 bits per heavy atom. The van der Waals surface area contributed by atoms with Crippen molar-refractivity contribution < 1.29 is 13.5 Å². The Bertz CT molecular complexity index is 597. The number of nitrogens with zero attached hydrogens (tertiary/aromatic N) is 1. The van der Waals surface area contributed by atoms with Crippen molar-refractivity contribution >= 4 is 10.0 Å². The molecule has 0 spiro atoms. The van der Waals surface area contributed by atoms with Crippen LogP contribution in [0, 0.1) is 5.41 Å². The molecule has 4 nitrogen and oxygen atoms in total. The standard InChI is InChI=1S/C15H21NO3S/c1-15(2)10-16(9-14(15)17)20(18,19)13-8-12(13)11-6-4-3-5-7-11/h3-7,12-14,17H,8-10H2,1-2H3/t12-,13+,14?/m0/s1. The Labute approximate surface area is 120 Å². The van der Waals surface area contributed by atoms with Crippen molar-refractivity contribution in [3.05, 3.63) is 35.9 Å². The first-order valence-corrected chi connectivity index (χ1v) is 8.55. The summed E-state index contributed by atoms with van der Waals surface area (Å²) in [6.45, 7) is 4.46. The monoisotopic (exact) mass is 295 g/mol. The lowest BCUT2D eigenvalue weighted by molar-refractivity contribution is 0.0960. The Kier molecular flexibility index (Phi) is 3.19. The van der Waals surface area contributed by atoms with Crippen molar-refractivity contribution in [2.75, 3.05) is 13.1 Å². The molecule has 1 aliphatic heterocycles. The first kappa shape index (κ1) is 14.0. The predicted octanol–water partition coefficient (Wildman–Crippen LogP) is 1.57. The van der Waals surface area contributed by atoms with Gasteiger partial charge in [0.1, 0.15) is 0 Å². The number of sulfonamides is 1. The van der Waals surface area contributed by atoms with Crippen LogP contribution in [-0.2, 0) is 10.0 Å². The van der Waals surface area contributed by atoms with Gasteiger partial charge in [-0.15, -0.1) is 0 Å². The molecule has 0 amide bonds. The fourth-order valence-electron chi connectivity index (χ4n) is 3.00. The Morgan fingerprint density at radius 1 is 1.25 bits per heavy atom. The molecule has 1 aliphatic carbocycles. The lowest BCUT2D eigenvalue weighted by Gasteiger charge is -2.21. The number of rotatable bonds is 3. The van der Waals surface area contributed by atoms with Crippen molar-refractivity contribution in [3.63, 3.8) is 0 Å². The van der Waals surface area contributed by atoms with Gasteiger partial charge in [0, 0.05) is 24.4 Å². The van der Waals surface area contributed by atoms with Crippen LogP contribution in [0.3, 0.4) is 0 Å². The van der Waals surface area contributed by atoms with Crippen LogP contribution in [0.25, 0.3) is 0 Å². The zero-order valence-electron chi connectivity index (χ0n) is 11.9. The predicted molar refractivity (Wildman–Crippen MR) is 77.9 cm³/mol. The summed E-state index contributed by atoms with van der Waals surface area (Å²) in [6.07, 6.45) is 0.116. The molecule has 0 aromatic heterocycles. The summed E-state index contributed by atoms with van der Waals surface area (Å²) >= 11 is 0. The van der Waals surface area contributed by atoms with E-state index in [1.807, 2.05) is 44.2 Å². The van der Waals surface area contributed by atoms with E-state index in [1.165, 1.54) is 4.31 Å². The molecule has 1 aromatic rings. The molecule has 1 saturated carbocycles. The molecule has 0 radical (unpaired) electrons. The topological polar surface area (TPSA) is 57.6 Å². The number of aliphatic hydroxyl groups is 1. The van der Waals surface area contributed by atoms with E-state index >= 15 is 0 Å². The molecule has 2 fully saturated rings. The lowest BCUT2D eigenvalue weighted by Crippen LogP contribution is -2.33. The molecular weight excluding hydrogens is 274 g/mol. The molecule has 0 bridgehead atoms. The maximum absolute atomic E-state index is 12.6. The summed E-state index contributed by atoms with van der Waals surface area (Å²) < 4.78 is 26.7. The molecule has 3 atom stereocenters. The van der Waals surface area contributed by atoms with Crippen molar-refractivity contribution in [2.45, 2.75) is 37.5 Å². The number of aliphatic hydroxyl groups excluding tert-OH is 1. The van der Waals surface area contributed by atoms with Crippen LogP contribution in [0.2, 0.25) is 0 Å². The molecule has 3 rings (SSSR count). The molecule has 1 aromatic carbocycles. The quantitative estimate of drug-likeness (QED) is 0.921. The summed E-state index contributed by atoms with van der Waals surface area (Å²) in [6, 6.07) is 9.81. The maximum atomic E-state index is 12.6. The van der Waals surface area contributed by atoms with Crippen molar-refractivity contribution in [1.82, 2.24) is 4.31 Å². The Morgan fingerprint density at radius 2 is 1.90 bits per heavy atom. The zero-order chi connectivity index (χ0) is 14.5. The van der Waals surface area contributed by atoms with Gasteiger partial charge in [0.25, 0.3) is 0 Å². The second-order valence-electron chi connectivity index (χ2n) is 6.63. The molecule has 5 heteroatoms. The highest BCUT2D eigenvalue weighted by molar-refractivity contribution is 7.90. The first-order valence-electron chi connectivity index (χ1n) is 7.04.